The molecule has 0 bridgehead atoms. The summed E-state index contributed by atoms with van der Waals surface area (Å²) in [5, 5.41) is 27.4. The van der Waals surface area contributed by atoms with Gasteiger partial charge < -0.3 is 39.8 Å². The Labute approximate surface area is 295 Å². The van der Waals surface area contributed by atoms with Gasteiger partial charge in [-0.3, -0.25) is 34.2 Å². The summed E-state index contributed by atoms with van der Waals surface area (Å²) in [7, 11) is 3.02. The number of likely N-dealkylation sites (tertiary alicyclic amines) is 1. The Morgan fingerprint density at radius 3 is 2.43 bits per heavy atom. The Balaban J connectivity index is 2.29. The molecule has 284 valence electrons. The highest BCUT2D eigenvalue weighted by atomic mass is 32.2. The van der Waals surface area contributed by atoms with E-state index < -0.39 is 41.0 Å². The molecule has 0 aromatic carbocycles. The average Bonchev–Trinajstić information content (AvgIpc) is 3.31. The lowest BCUT2D eigenvalue weighted by Gasteiger charge is -2.30. The number of imide groups is 1. The van der Waals surface area contributed by atoms with E-state index in [0.29, 0.717) is 57.4 Å². The largest absolute Gasteiger partial charge is 0.460 e. The third-order valence-corrected chi connectivity index (χ3v) is 9.21. The number of carbonyl (C=O) groups is 5. The van der Waals surface area contributed by atoms with Crippen molar-refractivity contribution in [3.8, 4) is 0 Å². The summed E-state index contributed by atoms with van der Waals surface area (Å²) in [5.74, 6) is -0.945. The number of aliphatic hydroxyl groups is 2. The van der Waals surface area contributed by atoms with Gasteiger partial charge in [-0.05, 0) is 59.8 Å². The predicted octanol–water partition coefficient (Wildman–Crippen LogP) is 1.23. The molecule has 1 aliphatic rings. The third kappa shape index (κ3) is 19.0. The quantitative estimate of drug-likeness (QED) is 0.0351. The first kappa shape index (κ1) is 44.7. The smallest absolute Gasteiger partial charge is 0.305 e. The van der Waals surface area contributed by atoms with Gasteiger partial charge in [-0.15, -0.1) is 11.8 Å². The summed E-state index contributed by atoms with van der Waals surface area (Å²) in [5.41, 5.74) is -1.06. The summed E-state index contributed by atoms with van der Waals surface area (Å²) in [4.78, 5) is 62.8. The number of esters is 1. The molecule has 0 saturated carbocycles. The van der Waals surface area contributed by atoms with E-state index >= 15 is 0 Å². The van der Waals surface area contributed by atoms with Gasteiger partial charge in [0.05, 0.1) is 23.6 Å². The molecule has 4 amide bonds. The van der Waals surface area contributed by atoms with E-state index in [9.17, 15) is 34.2 Å². The maximum Gasteiger partial charge on any atom is 0.305 e. The molecule has 0 aromatic heterocycles. The Bertz CT molecular complexity index is 1040. The molecule has 0 spiro atoms. The van der Waals surface area contributed by atoms with Crippen molar-refractivity contribution in [3.05, 3.63) is 0 Å². The lowest BCUT2D eigenvalue weighted by atomic mass is 9.99. The molecule has 1 heterocycles. The molecule has 49 heavy (non-hydrogen) atoms. The van der Waals surface area contributed by atoms with Crippen LogP contribution in [0.1, 0.15) is 92.4 Å². The normalized spacial score (nSPS) is 17.2. The molecule has 1 fully saturated rings. The van der Waals surface area contributed by atoms with E-state index in [1.165, 1.54) is 18.9 Å². The van der Waals surface area contributed by atoms with Gasteiger partial charge in [0.1, 0.15) is 12.8 Å². The molecule has 4 unspecified atom stereocenters. The van der Waals surface area contributed by atoms with Crippen LogP contribution in [-0.2, 0) is 42.9 Å². The number of aliphatic hydroxyl groups excluding tert-OH is 2. The monoisotopic (exact) mass is 720 g/mol. The molecule has 4 atom stereocenters. The second kappa shape index (κ2) is 23.2. The Morgan fingerprint density at radius 1 is 1.08 bits per heavy atom. The second-order valence-electron chi connectivity index (χ2n) is 13.2. The fourth-order valence-electron chi connectivity index (χ4n) is 4.78. The van der Waals surface area contributed by atoms with E-state index in [0.717, 1.165) is 4.90 Å². The zero-order valence-electron chi connectivity index (χ0n) is 30.3. The van der Waals surface area contributed by atoms with Gasteiger partial charge in [-0.25, -0.2) is 0 Å². The number of hydrogen-bond donors (Lipinski definition) is 5. The van der Waals surface area contributed by atoms with Crippen molar-refractivity contribution in [1.29, 1.82) is 0 Å². The van der Waals surface area contributed by atoms with Gasteiger partial charge in [0.15, 0.2) is 6.29 Å². The molecule has 0 radical (unpaired) electrons. The van der Waals surface area contributed by atoms with Gasteiger partial charge in [0.25, 0.3) is 0 Å². The van der Waals surface area contributed by atoms with Gasteiger partial charge in [0, 0.05) is 70.8 Å². The minimum absolute atomic E-state index is 0.000129. The number of nitrogens with zero attached hydrogens (tertiary/aromatic N) is 1. The van der Waals surface area contributed by atoms with Gasteiger partial charge in [-0.2, -0.15) is 0 Å². The van der Waals surface area contributed by atoms with Crippen molar-refractivity contribution in [2.75, 3.05) is 52.8 Å². The van der Waals surface area contributed by atoms with Gasteiger partial charge in [0.2, 0.25) is 23.6 Å². The molecule has 0 aromatic rings. The average molecular weight is 721 g/mol. The molecule has 15 nitrogen and oxygen atoms in total. The predicted molar refractivity (Wildman–Crippen MR) is 184 cm³/mol. The van der Waals surface area contributed by atoms with Crippen molar-refractivity contribution in [2.45, 2.75) is 127 Å². The highest BCUT2D eigenvalue weighted by Gasteiger charge is 2.38. The van der Waals surface area contributed by atoms with Crippen LogP contribution in [0.3, 0.4) is 0 Å². The van der Waals surface area contributed by atoms with Crippen LogP contribution < -0.4 is 16.0 Å². The van der Waals surface area contributed by atoms with Crippen LogP contribution in [0.5, 0.6) is 0 Å². The van der Waals surface area contributed by atoms with Crippen molar-refractivity contribution in [2.24, 2.45) is 0 Å². The maximum absolute atomic E-state index is 12.9. The standard InChI is InChI=1S/C33H60N4O11S/c1-8-23(21-38)48-30(45-7)22-46-29(43)11-9-10-26(40)35-16-19-49-24-20-28(42)37(31(24)44)17-13-27(41)36-32(2,3)15-18-47-33(4,5)14-12-25(39)34-6/h23-24,26,30,35,38,40H,8-22H2,1-7H3,(H,34,39)(H,36,41). The zero-order valence-corrected chi connectivity index (χ0v) is 31.2. The summed E-state index contributed by atoms with van der Waals surface area (Å²) in [6.07, 6.45) is 0.846. The first-order valence-electron chi connectivity index (χ1n) is 17.0. The molecule has 1 saturated heterocycles. The summed E-state index contributed by atoms with van der Waals surface area (Å²) < 4.78 is 21.7. The summed E-state index contributed by atoms with van der Waals surface area (Å²) in [6, 6.07) is 0. The maximum atomic E-state index is 12.9. The van der Waals surface area contributed by atoms with Crippen LogP contribution in [0.25, 0.3) is 0 Å². The van der Waals surface area contributed by atoms with Crippen molar-refractivity contribution in [1.82, 2.24) is 20.9 Å². The molecule has 1 aliphatic heterocycles. The number of carbonyl (C=O) groups excluding carboxylic acids is 5. The number of ether oxygens (including phenoxy) is 4. The van der Waals surface area contributed by atoms with E-state index in [1.807, 2.05) is 34.6 Å². The number of nitrogens with one attached hydrogen (secondary N) is 3. The Hall–Kier alpha value is -2.34. The first-order valence-corrected chi connectivity index (χ1v) is 18.1. The number of methoxy groups -OCH3 is 1. The van der Waals surface area contributed by atoms with Crippen LogP contribution >= 0.6 is 11.8 Å². The second-order valence-corrected chi connectivity index (χ2v) is 14.5. The minimum atomic E-state index is -0.856. The number of thioether (sulfide) groups is 1. The molecule has 16 heteroatoms. The Kier molecular flexibility index (Phi) is 21.2. The fraction of sp³-hybridized carbons (Fsp3) is 0.848. The lowest BCUT2D eigenvalue weighted by molar-refractivity contribution is -0.194. The van der Waals surface area contributed by atoms with Crippen molar-refractivity contribution < 1.29 is 53.1 Å². The minimum Gasteiger partial charge on any atom is -0.460 e. The van der Waals surface area contributed by atoms with Gasteiger partial charge in [-0.1, -0.05) is 6.92 Å². The van der Waals surface area contributed by atoms with Crippen LogP contribution in [0.4, 0.5) is 0 Å². The topological polar surface area (TPSA) is 202 Å². The van der Waals surface area contributed by atoms with E-state index in [1.54, 1.807) is 7.05 Å². The fourth-order valence-corrected chi connectivity index (χ4v) is 5.83. The molecule has 0 aliphatic carbocycles. The lowest BCUT2D eigenvalue weighted by Crippen LogP contribution is -2.46. The van der Waals surface area contributed by atoms with Crippen molar-refractivity contribution in [3.63, 3.8) is 0 Å². The van der Waals surface area contributed by atoms with E-state index in [2.05, 4.69) is 16.0 Å². The number of rotatable bonds is 27. The third-order valence-electron chi connectivity index (χ3n) is 8.00. The van der Waals surface area contributed by atoms with E-state index in [-0.39, 0.29) is 62.6 Å². The van der Waals surface area contributed by atoms with Crippen LogP contribution in [0, 0.1) is 0 Å². The zero-order chi connectivity index (χ0) is 37.0. The molecule has 1 rings (SSSR count). The van der Waals surface area contributed by atoms with Crippen LogP contribution in [0.2, 0.25) is 0 Å². The summed E-state index contributed by atoms with van der Waals surface area (Å²) in [6.45, 7) is 9.95. The first-order chi connectivity index (χ1) is 23.1. The molecular weight excluding hydrogens is 660 g/mol. The SMILES string of the molecule is CCC(CO)OC(COC(=O)CCCC(O)NCCSC1CC(=O)N(CCC(=O)NC(C)(C)CCOC(C)(C)CCC(=O)NC)C1=O)OC. The van der Waals surface area contributed by atoms with Gasteiger partial charge >= 0.3 is 5.97 Å². The molecule has 5 N–H and O–H groups in total. The highest BCUT2D eigenvalue weighted by Crippen LogP contribution is 2.25. The summed E-state index contributed by atoms with van der Waals surface area (Å²) >= 11 is 1.31. The van der Waals surface area contributed by atoms with Crippen molar-refractivity contribution >= 4 is 41.4 Å². The van der Waals surface area contributed by atoms with Crippen LogP contribution in [0.15, 0.2) is 0 Å². The number of amides is 4. The highest BCUT2D eigenvalue weighted by molar-refractivity contribution is 8.00. The van der Waals surface area contributed by atoms with E-state index in [4.69, 9.17) is 18.9 Å². The Morgan fingerprint density at radius 2 is 1.80 bits per heavy atom. The number of hydrogen-bond acceptors (Lipinski definition) is 13. The molecular formula is C33H60N4O11S. The van der Waals surface area contributed by atoms with Crippen LogP contribution in [-0.4, -0.2) is 133 Å².